The zero-order valence-electron chi connectivity index (χ0n) is 47.1. The number of amides is 1. The van der Waals surface area contributed by atoms with Crippen molar-refractivity contribution in [2.45, 2.75) is 326 Å². The molecule has 7 atom stereocenters. The van der Waals surface area contributed by atoms with Crippen LogP contribution in [-0.4, -0.2) is 100 Å². The van der Waals surface area contributed by atoms with Crippen molar-refractivity contribution in [3.05, 3.63) is 36.5 Å². The van der Waals surface area contributed by atoms with Gasteiger partial charge in [-0.2, -0.15) is 0 Å². The third-order valence-electron chi connectivity index (χ3n) is 14.5. The van der Waals surface area contributed by atoms with Crippen LogP contribution in [0, 0.1) is 0 Å². The van der Waals surface area contributed by atoms with Gasteiger partial charge in [0.05, 0.1) is 32.0 Å². The molecule has 428 valence electrons. The monoisotopic (exact) mass is 1030 g/mol. The van der Waals surface area contributed by atoms with Crippen molar-refractivity contribution in [3.8, 4) is 0 Å². The van der Waals surface area contributed by atoms with Crippen molar-refractivity contribution in [3.63, 3.8) is 0 Å². The van der Waals surface area contributed by atoms with Gasteiger partial charge in [0.1, 0.15) is 24.4 Å². The van der Waals surface area contributed by atoms with Crippen molar-refractivity contribution < 1.29 is 49.3 Å². The number of carbonyl (C=O) groups excluding carboxylic acids is 2. The lowest BCUT2D eigenvalue weighted by Crippen LogP contribution is -2.60. The van der Waals surface area contributed by atoms with E-state index in [4.69, 9.17) is 14.2 Å². The van der Waals surface area contributed by atoms with Crippen molar-refractivity contribution in [1.82, 2.24) is 5.32 Å². The molecular formula is C62H115NO10. The van der Waals surface area contributed by atoms with E-state index >= 15 is 0 Å². The Hall–Kier alpha value is -2.12. The number of rotatable bonds is 53. The van der Waals surface area contributed by atoms with Crippen LogP contribution in [0.5, 0.6) is 0 Å². The number of nitrogens with one attached hydrogen (secondary N) is 1. The molecule has 73 heavy (non-hydrogen) atoms. The molecule has 1 rings (SSSR count). The Balaban J connectivity index is 2.01. The maximum atomic E-state index is 13.0. The Morgan fingerprint density at radius 1 is 0.493 bits per heavy atom. The van der Waals surface area contributed by atoms with Crippen LogP contribution >= 0.6 is 0 Å². The Morgan fingerprint density at radius 3 is 1.32 bits per heavy atom. The number of unbranched alkanes of at least 4 members (excludes halogenated alkanes) is 35. The minimum Gasteiger partial charge on any atom is -0.466 e. The molecule has 1 amide bonds. The minimum atomic E-state index is -1.57. The van der Waals surface area contributed by atoms with Gasteiger partial charge in [0.2, 0.25) is 5.91 Å². The molecule has 1 aliphatic heterocycles. The molecule has 1 aliphatic rings. The molecule has 0 saturated carbocycles. The van der Waals surface area contributed by atoms with Gasteiger partial charge in [-0.15, -0.1) is 0 Å². The van der Waals surface area contributed by atoms with Crippen molar-refractivity contribution >= 4 is 11.9 Å². The summed E-state index contributed by atoms with van der Waals surface area (Å²) < 4.78 is 16.7. The Bertz CT molecular complexity index is 1310. The molecule has 0 spiro atoms. The number of carbonyl (C=O) groups is 2. The number of aliphatic hydroxyl groups is 5. The third kappa shape index (κ3) is 41.7. The lowest BCUT2D eigenvalue weighted by molar-refractivity contribution is -0.302. The summed E-state index contributed by atoms with van der Waals surface area (Å²) in [6.07, 6.45) is 54.0. The second kappa shape index (κ2) is 52.0. The Labute approximate surface area is 447 Å². The highest BCUT2D eigenvalue weighted by Gasteiger charge is 2.44. The van der Waals surface area contributed by atoms with Gasteiger partial charge in [-0.25, -0.2) is 0 Å². The molecule has 0 aromatic heterocycles. The Kier molecular flexibility index (Phi) is 49.0. The van der Waals surface area contributed by atoms with Crippen molar-refractivity contribution in [1.29, 1.82) is 0 Å². The van der Waals surface area contributed by atoms with E-state index in [1.807, 2.05) is 6.08 Å². The van der Waals surface area contributed by atoms with E-state index in [0.29, 0.717) is 19.4 Å². The summed E-state index contributed by atoms with van der Waals surface area (Å²) >= 11 is 0. The van der Waals surface area contributed by atoms with E-state index in [0.717, 1.165) is 89.9 Å². The molecule has 11 heteroatoms. The molecular weight excluding hydrogens is 919 g/mol. The van der Waals surface area contributed by atoms with E-state index in [2.05, 4.69) is 43.5 Å². The van der Waals surface area contributed by atoms with Crippen LogP contribution in [0.25, 0.3) is 0 Å². The fourth-order valence-electron chi connectivity index (χ4n) is 9.54. The quantitative estimate of drug-likeness (QED) is 0.0195. The van der Waals surface area contributed by atoms with Gasteiger partial charge in [-0.05, 0) is 83.5 Å². The summed E-state index contributed by atoms with van der Waals surface area (Å²) in [6, 6.07) is -0.819. The fourth-order valence-corrected chi connectivity index (χ4v) is 9.54. The van der Waals surface area contributed by atoms with E-state index in [-0.39, 0.29) is 18.5 Å². The lowest BCUT2D eigenvalue weighted by atomic mass is 9.99. The number of aliphatic hydroxyl groups excluding tert-OH is 5. The summed E-state index contributed by atoms with van der Waals surface area (Å²) in [5, 5.41) is 54.2. The average Bonchev–Trinajstić information content (AvgIpc) is 3.39. The predicted octanol–water partition coefficient (Wildman–Crippen LogP) is 14.3. The van der Waals surface area contributed by atoms with Gasteiger partial charge >= 0.3 is 5.97 Å². The molecule has 0 aromatic carbocycles. The number of ether oxygens (including phenoxy) is 3. The first-order valence-electron chi connectivity index (χ1n) is 30.8. The van der Waals surface area contributed by atoms with Gasteiger partial charge in [0.15, 0.2) is 6.29 Å². The summed E-state index contributed by atoms with van der Waals surface area (Å²) in [5.74, 6) is -0.214. The second-order valence-electron chi connectivity index (χ2n) is 21.4. The van der Waals surface area contributed by atoms with Crippen molar-refractivity contribution in [2.75, 3.05) is 19.8 Å². The summed E-state index contributed by atoms with van der Waals surface area (Å²) in [5.41, 5.74) is 0. The second-order valence-corrected chi connectivity index (χ2v) is 21.4. The zero-order valence-corrected chi connectivity index (χ0v) is 47.1. The zero-order chi connectivity index (χ0) is 53.1. The number of hydrogen-bond acceptors (Lipinski definition) is 10. The first-order valence-corrected chi connectivity index (χ1v) is 30.8. The van der Waals surface area contributed by atoms with E-state index in [1.165, 1.54) is 167 Å². The molecule has 1 heterocycles. The van der Waals surface area contributed by atoms with Crippen LogP contribution in [0.2, 0.25) is 0 Å². The van der Waals surface area contributed by atoms with Gasteiger partial charge in [0.25, 0.3) is 0 Å². The molecule has 1 saturated heterocycles. The molecule has 6 N–H and O–H groups in total. The lowest BCUT2D eigenvalue weighted by Gasteiger charge is -2.40. The molecule has 7 unspecified atom stereocenters. The van der Waals surface area contributed by atoms with Crippen LogP contribution in [0.1, 0.15) is 284 Å². The van der Waals surface area contributed by atoms with E-state index in [9.17, 15) is 35.1 Å². The highest BCUT2D eigenvalue weighted by Crippen LogP contribution is 2.23. The first-order chi connectivity index (χ1) is 35.7. The van der Waals surface area contributed by atoms with Crippen LogP contribution < -0.4 is 5.32 Å². The summed E-state index contributed by atoms with van der Waals surface area (Å²) in [4.78, 5) is 25.1. The molecule has 11 nitrogen and oxygen atoms in total. The van der Waals surface area contributed by atoms with Gasteiger partial charge < -0.3 is 45.1 Å². The maximum Gasteiger partial charge on any atom is 0.305 e. The van der Waals surface area contributed by atoms with Crippen LogP contribution in [-0.2, 0) is 23.8 Å². The number of allylic oxidation sites excluding steroid dienone is 5. The van der Waals surface area contributed by atoms with E-state index < -0.39 is 49.5 Å². The minimum absolute atomic E-state index is 0.0160. The largest absolute Gasteiger partial charge is 0.466 e. The van der Waals surface area contributed by atoms with Crippen molar-refractivity contribution in [2.24, 2.45) is 0 Å². The maximum absolute atomic E-state index is 13.0. The fraction of sp³-hybridized carbons (Fsp3) is 0.871. The average molecular weight is 1030 g/mol. The standard InChI is InChI=1S/C62H115NO10/c1-3-5-7-9-11-13-14-15-16-17-21-24-27-30-34-38-42-46-50-58(67)71-51-47-43-39-35-31-28-25-22-19-18-20-23-26-29-33-37-41-45-49-57(66)63-54(55(65)48-44-40-36-32-12-10-8-6-4-2)53-72-62-61(70)60(69)59(68)56(52-64)73-62/h16-17,20,23,44,48,54-56,59-62,64-65,68-70H,3-15,18-19,21-22,24-43,45-47,49-53H2,1-2H3,(H,63,66)/b17-16-,23-20-,48-44+. The SMILES string of the molecule is CCCCCCCCC/C=C\CCCCCCCCCC(=O)OCCCCCCCCCCC/C=C\CCCCCCCC(=O)NC(COC1OC(CO)C(O)C(O)C1O)C(O)/C=C/CCCCCCCCC. The summed E-state index contributed by atoms with van der Waals surface area (Å²) in [7, 11) is 0. The normalized spacial score (nSPS) is 19.1. The van der Waals surface area contributed by atoms with Gasteiger partial charge in [0, 0.05) is 12.8 Å². The topological polar surface area (TPSA) is 175 Å². The van der Waals surface area contributed by atoms with Gasteiger partial charge in [-0.3, -0.25) is 9.59 Å². The van der Waals surface area contributed by atoms with Crippen LogP contribution in [0.15, 0.2) is 36.5 Å². The predicted molar refractivity (Wildman–Crippen MR) is 301 cm³/mol. The number of esters is 1. The third-order valence-corrected chi connectivity index (χ3v) is 14.5. The van der Waals surface area contributed by atoms with Crippen LogP contribution in [0.3, 0.4) is 0 Å². The number of hydrogen-bond donors (Lipinski definition) is 6. The Morgan fingerprint density at radius 2 is 0.877 bits per heavy atom. The highest BCUT2D eigenvalue weighted by molar-refractivity contribution is 5.76. The molecule has 1 fully saturated rings. The van der Waals surface area contributed by atoms with Gasteiger partial charge in [-0.1, -0.05) is 224 Å². The molecule has 0 bridgehead atoms. The smallest absolute Gasteiger partial charge is 0.305 e. The molecule has 0 aromatic rings. The summed E-state index contributed by atoms with van der Waals surface area (Å²) in [6.45, 7) is 4.29. The molecule has 0 aliphatic carbocycles. The first kappa shape index (κ1) is 68.9. The highest BCUT2D eigenvalue weighted by atomic mass is 16.7. The van der Waals surface area contributed by atoms with Crippen LogP contribution in [0.4, 0.5) is 0 Å². The van der Waals surface area contributed by atoms with E-state index in [1.54, 1.807) is 6.08 Å². The molecule has 0 radical (unpaired) electrons.